The van der Waals surface area contributed by atoms with Gasteiger partial charge in [-0.15, -0.1) is 5.10 Å². The zero-order valence-electron chi connectivity index (χ0n) is 3.81. The molecule has 6 heteroatoms. The Hall–Kier alpha value is -1.55. The first-order valence-corrected chi connectivity index (χ1v) is 1.85. The van der Waals surface area contributed by atoms with Gasteiger partial charge < -0.3 is 0 Å². The number of nitrogens with zero attached hydrogens (tertiary/aromatic N) is 5. The van der Waals surface area contributed by atoms with Crippen molar-refractivity contribution >= 4 is 5.82 Å². The first kappa shape index (κ1) is 4.61. The second-order valence-corrected chi connectivity index (χ2v) is 1.02. The molecule has 1 aromatic heterocycles. The van der Waals surface area contributed by atoms with Crippen LogP contribution in [-0.2, 0) is 0 Å². The highest BCUT2D eigenvalue weighted by atomic mass is 15.4. The molecular weight excluding hydrogens is 108 g/mol. The summed E-state index contributed by atoms with van der Waals surface area (Å²) in [5, 5.41) is 12.2. The van der Waals surface area contributed by atoms with Crippen LogP contribution < -0.4 is 0 Å². The molecule has 0 aliphatic rings. The number of rotatable bonds is 1. The van der Waals surface area contributed by atoms with Gasteiger partial charge in [0.2, 0.25) is 0 Å². The maximum Gasteiger partial charge on any atom is 0.168 e. The molecule has 40 valence electrons. The summed E-state index contributed by atoms with van der Waals surface area (Å²) in [6.45, 7) is 0. The van der Waals surface area contributed by atoms with Gasteiger partial charge in [0, 0.05) is 4.91 Å². The summed E-state index contributed by atoms with van der Waals surface area (Å²) in [4.78, 5) is 2.48. The Morgan fingerprint density at radius 3 is 3.25 bits per heavy atom. The van der Waals surface area contributed by atoms with Gasteiger partial charge in [0.1, 0.15) is 0 Å². The topological polar surface area (TPSA) is 90.3 Å². The van der Waals surface area contributed by atoms with E-state index < -0.39 is 0 Å². The van der Waals surface area contributed by atoms with E-state index in [0.29, 0.717) is 0 Å². The molecule has 0 aliphatic carbocycles. The fraction of sp³-hybridized carbons (Fsp3) is 0. The maximum atomic E-state index is 7.81. The molecule has 6 nitrogen and oxygen atoms in total. The molecule has 1 aromatic rings. The van der Waals surface area contributed by atoms with Crippen molar-refractivity contribution in [2.24, 2.45) is 5.11 Å². The molecule has 8 heavy (non-hydrogen) atoms. The van der Waals surface area contributed by atoms with Crippen LogP contribution in [-0.4, -0.2) is 15.4 Å². The third-order valence-corrected chi connectivity index (χ3v) is 0.551. The molecule has 0 amide bonds. The third-order valence-electron chi connectivity index (χ3n) is 0.551. The number of azide groups is 1. The van der Waals surface area contributed by atoms with E-state index in [0.717, 1.165) is 0 Å². The van der Waals surface area contributed by atoms with Gasteiger partial charge in [-0.1, -0.05) is 5.21 Å². The minimum Gasteiger partial charge on any atom is -0.265 e. The molecular formula is C2H2N6. The lowest BCUT2D eigenvalue weighted by Crippen LogP contribution is -1.63. The Morgan fingerprint density at radius 2 is 2.75 bits per heavy atom. The number of aromatic amines is 1. The van der Waals surface area contributed by atoms with E-state index in [1.807, 2.05) is 0 Å². The van der Waals surface area contributed by atoms with Gasteiger partial charge >= 0.3 is 0 Å². The fourth-order valence-corrected chi connectivity index (χ4v) is 0.290. The zero-order valence-corrected chi connectivity index (χ0v) is 3.81. The number of hydrogen-bond donors (Lipinski definition) is 1. The van der Waals surface area contributed by atoms with Crippen molar-refractivity contribution in [1.29, 1.82) is 0 Å². The smallest absolute Gasteiger partial charge is 0.168 e. The third kappa shape index (κ3) is 0.742. The quantitative estimate of drug-likeness (QED) is 0.328. The zero-order chi connectivity index (χ0) is 5.82. The summed E-state index contributed by atoms with van der Waals surface area (Å²) in [5.74, 6) is 0.257. The second-order valence-electron chi connectivity index (χ2n) is 1.02. The van der Waals surface area contributed by atoms with E-state index in [-0.39, 0.29) is 5.82 Å². The molecule has 0 bridgehead atoms. The number of aromatic nitrogens is 3. The van der Waals surface area contributed by atoms with Crippen LogP contribution in [0.15, 0.2) is 11.3 Å². The van der Waals surface area contributed by atoms with Crippen molar-refractivity contribution in [2.75, 3.05) is 0 Å². The minimum atomic E-state index is 0.257. The van der Waals surface area contributed by atoms with Crippen molar-refractivity contribution in [3.05, 3.63) is 16.6 Å². The van der Waals surface area contributed by atoms with E-state index in [4.69, 9.17) is 5.53 Å². The Morgan fingerprint density at radius 1 is 1.88 bits per heavy atom. The molecule has 1 N–H and O–H groups in total. The van der Waals surface area contributed by atoms with Crippen molar-refractivity contribution in [2.45, 2.75) is 0 Å². The van der Waals surface area contributed by atoms with Crippen LogP contribution in [0.3, 0.4) is 0 Å². The number of hydrogen-bond acceptors (Lipinski definition) is 3. The van der Waals surface area contributed by atoms with E-state index in [2.05, 4.69) is 25.4 Å². The number of nitrogens with one attached hydrogen (secondary N) is 1. The standard InChI is InChI=1S/C2H2N6/c3-7-5-2-1-4-8-6-2/h1H,(H,4,6,8). The van der Waals surface area contributed by atoms with Crippen LogP contribution in [0, 0.1) is 0 Å². The van der Waals surface area contributed by atoms with Crippen LogP contribution in [0.5, 0.6) is 0 Å². The van der Waals surface area contributed by atoms with Crippen molar-refractivity contribution in [3.63, 3.8) is 0 Å². The Bertz CT molecular complexity index is 192. The SMILES string of the molecule is [N-]=[N+]=Nc1c[nH]nn1. The van der Waals surface area contributed by atoms with E-state index in [9.17, 15) is 0 Å². The van der Waals surface area contributed by atoms with Crippen molar-refractivity contribution in [3.8, 4) is 0 Å². The molecule has 1 rings (SSSR count). The maximum absolute atomic E-state index is 7.81. The summed E-state index contributed by atoms with van der Waals surface area (Å²) >= 11 is 0. The molecule has 1 heterocycles. The highest BCUT2D eigenvalue weighted by Gasteiger charge is 1.84. The van der Waals surface area contributed by atoms with Crippen LogP contribution >= 0.6 is 0 Å². The summed E-state index contributed by atoms with van der Waals surface area (Å²) < 4.78 is 0. The fourth-order valence-electron chi connectivity index (χ4n) is 0.290. The summed E-state index contributed by atoms with van der Waals surface area (Å²) in [7, 11) is 0. The van der Waals surface area contributed by atoms with Crippen molar-refractivity contribution < 1.29 is 0 Å². The first-order chi connectivity index (χ1) is 3.93. The van der Waals surface area contributed by atoms with Crippen LogP contribution in [0.4, 0.5) is 5.82 Å². The molecule has 0 unspecified atom stereocenters. The van der Waals surface area contributed by atoms with Gasteiger partial charge in [0.25, 0.3) is 0 Å². The molecule has 0 fully saturated rings. The van der Waals surface area contributed by atoms with Crippen LogP contribution in [0.2, 0.25) is 0 Å². The molecule has 0 spiro atoms. The number of H-pyrrole nitrogens is 1. The lowest BCUT2D eigenvalue weighted by atomic mass is 10.8. The van der Waals surface area contributed by atoms with Crippen molar-refractivity contribution in [1.82, 2.24) is 15.4 Å². The highest BCUT2D eigenvalue weighted by Crippen LogP contribution is 1.99. The summed E-state index contributed by atoms with van der Waals surface area (Å²) in [6, 6.07) is 0. The molecule has 0 radical (unpaired) electrons. The van der Waals surface area contributed by atoms with Gasteiger partial charge in [-0.05, 0) is 10.6 Å². The first-order valence-electron chi connectivity index (χ1n) is 1.85. The van der Waals surface area contributed by atoms with Gasteiger partial charge in [-0.2, -0.15) is 0 Å². The average Bonchev–Trinajstić information content (AvgIpc) is 2.19. The Kier molecular flexibility index (Phi) is 1.12. The highest BCUT2D eigenvalue weighted by molar-refractivity contribution is 5.17. The summed E-state index contributed by atoms with van der Waals surface area (Å²) in [5.41, 5.74) is 7.81. The molecule has 0 aliphatic heterocycles. The molecule has 0 aromatic carbocycles. The largest absolute Gasteiger partial charge is 0.265 e. The predicted molar refractivity (Wildman–Crippen MR) is 25.2 cm³/mol. The average molecular weight is 110 g/mol. The van der Waals surface area contributed by atoms with E-state index in [1.165, 1.54) is 6.20 Å². The van der Waals surface area contributed by atoms with Gasteiger partial charge in [-0.25, -0.2) is 0 Å². The normalized spacial score (nSPS) is 8.00. The van der Waals surface area contributed by atoms with Gasteiger partial charge in [-0.3, -0.25) is 5.10 Å². The van der Waals surface area contributed by atoms with E-state index in [1.54, 1.807) is 0 Å². The minimum absolute atomic E-state index is 0.257. The van der Waals surface area contributed by atoms with Crippen LogP contribution in [0.1, 0.15) is 0 Å². The van der Waals surface area contributed by atoms with Gasteiger partial charge in [0.05, 0.1) is 6.20 Å². The molecule has 0 saturated heterocycles. The lowest BCUT2D eigenvalue weighted by molar-refractivity contribution is 0.939. The van der Waals surface area contributed by atoms with Gasteiger partial charge in [0.15, 0.2) is 5.82 Å². The Balaban J connectivity index is 2.93. The molecule has 0 atom stereocenters. The summed E-state index contributed by atoms with van der Waals surface area (Å²) in [6.07, 6.45) is 1.40. The second kappa shape index (κ2) is 1.94. The van der Waals surface area contributed by atoms with Crippen LogP contribution in [0.25, 0.3) is 10.4 Å². The monoisotopic (exact) mass is 110 g/mol. The van der Waals surface area contributed by atoms with E-state index >= 15 is 0 Å². The predicted octanol–water partition coefficient (Wildman–Crippen LogP) is 0.746. The Labute approximate surface area is 44.2 Å². The molecule has 0 saturated carbocycles. The lowest BCUT2D eigenvalue weighted by Gasteiger charge is -1.65.